The number of carbonyl (C=O) groups excluding carboxylic acids is 1. The first-order valence-electron chi connectivity index (χ1n) is 6.26. The van der Waals surface area contributed by atoms with E-state index < -0.39 is 12.0 Å². The highest BCUT2D eigenvalue weighted by Gasteiger charge is 2.20. The molecule has 0 aromatic carbocycles. The number of amides is 2. The molecular formula is C12H24N2O4. The second-order valence-corrected chi connectivity index (χ2v) is 4.25. The van der Waals surface area contributed by atoms with Gasteiger partial charge in [0, 0.05) is 27.3 Å². The largest absolute Gasteiger partial charge is 0.480 e. The summed E-state index contributed by atoms with van der Waals surface area (Å²) < 4.78 is 4.89. The molecule has 2 amide bonds. The van der Waals surface area contributed by atoms with Crippen molar-refractivity contribution < 1.29 is 19.4 Å². The van der Waals surface area contributed by atoms with Crippen molar-refractivity contribution in [1.29, 1.82) is 0 Å². The van der Waals surface area contributed by atoms with Gasteiger partial charge in [0.05, 0.1) is 0 Å². The topological polar surface area (TPSA) is 78.9 Å². The van der Waals surface area contributed by atoms with Gasteiger partial charge in [0.2, 0.25) is 0 Å². The summed E-state index contributed by atoms with van der Waals surface area (Å²) in [7, 11) is 3.25. The van der Waals surface area contributed by atoms with Crippen molar-refractivity contribution in [1.82, 2.24) is 10.2 Å². The fourth-order valence-electron chi connectivity index (χ4n) is 1.47. The molecule has 1 atom stereocenters. The lowest BCUT2D eigenvalue weighted by atomic mass is 10.1. The Hall–Kier alpha value is -1.30. The number of methoxy groups -OCH3 is 1. The molecule has 0 aromatic heterocycles. The van der Waals surface area contributed by atoms with E-state index in [2.05, 4.69) is 5.32 Å². The third-order valence-electron chi connectivity index (χ3n) is 2.63. The molecule has 0 aromatic rings. The average molecular weight is 260 g/mol. The summed E-state index contributed by atoms with van der Waals surface area (Å²) in [5.74, 6) is -0.984. The zero-order valence-corrected chi connectivity index (χ0v) is 11.4. The number of rotatable bonds is 9. The standard InChI is InChI=1S/C12H24N2O4/c1-4-5-7-10(11(15)16)13-12(17)14(2)8-6-9-18-3/h10H,4-9H2,1-3H3,(H,13,17)(H,15,16). The second-order valence-electron chi connectivity index (χ2n) is 4.25. The highest BCUT2D eigenvalue weighted by Crippen LogP contribution is 2.02. The first-order valence-corrected chi connectivity index (χ1v) is 6.26. The summed E-state index contributed by atoms with van der Waals surface area (Å²) in [6.07, 6.45) is 2.88. The predicted molar refractivity (Wildman–Crippen MR) is 68.6 cm³/mol. The summed E-state index contributed by atoms with van der Waals surface area (Å²) >= 11 is 0. The van der Waals surface area contributed by atoms with Crippen LogP contribution < -0.4 is 5.32 Å². The minimum absolute atomic E-state index is 0.352. The maximum Gasteiger partial charge on any atom is 0.326 e. The van der Waals surface area contributed by atoms with Crippen molar-refractivity contribution in [3.8, 4) is 0 Å². The third-order valence-corrected chi connectivity index (χ3v) is 2.63. The summed E-state index contributed by atoms with van der Waals surface area (Å²) in [5.41, 5.74) is 0. The van der Waals surface area contributed by atoms with E-state index in [9.17, 15) is 9.59 Å². The van der Waals surface area contributed by atoms with Gasteiger partial charge < -0.3 is 20.1 Å². The van der Waals surface area contributed by atoms with Gasteiger partial charge in [0.1, 0.15) is 6.04 Å². The molecule has 0 fully saturated rings. The quantitative estimate of drug-likeness (QED) is 0.613. The Morgan fingerprint density at radius 2 is 2.06 bits per heavy atom. The van der Waals surface area contributed by atoms with Gasteiger partial charge in [-0.2, -0.15) is 0 Å². The van der Waals surface area contributed by atoms with Crippen LogP contribution in [0.15, 0.2) is 0 Å². The number of urea groups is 1. The van der Waals surface area contributed by atoms with Crippen LogP contribution in [0, 0.1) is 0 Å². The Kier molecular flexibility index (Phi) is 9.00. The normalized spacial score (nSPS) is 11.9. The molecule has 6 heteroatoms. The van der Waals surface area contributed by atoms with Crippen LogP contribution in [-0.2, 0) is 9.53 Å². The van der Waals surface area contributed by atoms with E-state index in [4.69, 9.17) is 9.84 Å². The molecule has 6 nitrogen and oxygen atoms in total. The molecule has 0 bridgehead atoms. The molecule has 18 heavy (non-hydrogen) atoms. The summed E-state index contributed by atoms with van der Waals surface area (Å²) in [5, 5.41) is 11.5. The summed E-state index contributed by atoms with van der Waals surface area (Å²) in [6.45, 7) is 3.10. The number of hydrogen-bond acceptors (Lipinski definition) is 3. The molecular weight excluding hydrogens is 236 g/mol. The fraction of sp³-hybridized carbons (Fsp3) is 0.833. The highest BCUT2D eigenvalue weighted by molar-refractivity contribution is 5.82. The molecule has 0 rings (SSSR count). The van der Waals surface area contributed by atoms with E-state index in [1.165, 1.54) is 4.90 Å². The molecule has 0 spiro atoms. The minimum Gasteiger partial charge on any atom is -0.480 e. The van der Waals surface area contributed by atoms with E-state index in [1.54, 1.807) is 14.2 Å². The van der Waals surface area contributed by atoms with Crippen LogP contribution in [0.4, 0.5) is 4.79 Å². The van der Waals surface area contributed by atoms with E-state index in [0.29, 0.717) is 19.6 Å². The van der Waals surface area contributed by atoms with Crippen molar-refractivity contribution in [3.63, 3.8) is 0 Å². The van der Waals surface area contributed by atoms with Crippen molar-refractivity contribution in [2.45, 2.75) is 38.6 Å². The predicted octanol–water partition coefficient (Wildman–Crippen LogP) is 1.31. The van der Waals surface area contributed by atoms with Crippen LogP contribution in [-0.4, -0.2) is 55.4 Å². The molecule has 0 aliphatic carbocycles. The molecule has 0 saturated heterocycles. The Balaban J connectivity index is 4.10. The smallest absolute Gasteiger partial charge is 0.326 e. The molecule has 0 saturated carbocycles. The Labute approximate surface area is 108 Å². The summed E-state index contributed by atoms with van der Waals surface area (Å²) in [6, 6.07) is -1.16. The van der Waals surface area contributed by atoms with Gasteiger partial charge in [-0.1, -0.05) is 19.8 Å². The van der Waals surface area contributed by atoms with Gasteiger partial charge in [0.15, 0.2) is 0 Å². The molecule has 0 aliphatic heterocycles. The first-order chi connectivity index (χ1) is 8.52. The number of carbonyl (C=O) groups is 2. The lowest BCUT2D eigenvalue weighted by Gasteiger charge is -2.21. The molecule has 0 radical (unpaired) electrons. The van der Waals surface area contributed by atoms with Crippen molar-refractivity contribution in [2.75, 3.05) is 27.3 Å². The Bertz CT molecular complexity index is 258. The van der Waals surface area contributed by atoms with Crippen LogP contribution >= 0.6 is 0 Å². The lowest BCUT2D eigenvalue weighted by Crippen LogP contribution is -2.47. The van der Waals surface area contributed by atoms with Crippen molar-refractivity contribution in [3.05, 3.63) is 0 Å². The van der Waals surface area contributed by atoms with Gasteiger partial charge in [-0.15, -0.1) is 0 Å². The monoisotopic (exact) mass is 260 g/mol. The SMILES string of the molecule is CCCCC(NC(=O)N(C)CCCOC)C(=O)O. The lowest BCUT2D eigenvalue weighted by molar-refractivity contribution is -0.139. The molecule has 106 valence electrons. The highest BCUT2D eigenvalue weighted by atomic mass is 16.5. The molecule has 2 N–H and O–H groups in total. The van der Waals surface area contributed by atoms with Gasteiger partial charge in [-0.25, -0.2) is 9.59 Å². The number of unbranched alkanes of at least 4 members (excludes halogenated alkanes) is 1. The van der Waals surface area contributed by atoms with Crippen LogP contribution in [0.3, 0.4) is 0 Å². The van der Waals surface area contributed by atoms with E-state index in [0.717, 1.165) is 19.3 Å². The number of ether oxygens (including phenoxy) is 1. The van der Waals surface area contributed by atoms with E-state index in [1.807, 2.05) is 6.92 Å². The van der Waals surface area contributed by atoms with Crippen LogP contribution in [0.5, 0.6) is 0 Å². The van der Waals surface area contributed by atoms with Crippen molar-refractivity contribution in [2.24, 2.45) is 0 Å². The fourth-order valence-corrected chi connectivity index (χ4v) is 1.47. The van der Waals surface area contributed by atoms with Crippen LogP contribution in [0.25, 0.3) is 0 Å². The van der Waals surface area contributed by atoms with E-state index in [-0.39, 0.29) is 6.03 Å². The molecule has 0 aliphatic rings. The van der Waals surface area contributed by atoms with Gasteiger partial charge in [-0.05, 0) is 12.8 Å². The number of carboxylic acids is 1. The van der Waals surface area contributed by atoms with Crippen LogP contribution in [0.2, 0.25) is 0 Å². The van der Waals surface area contributed by atoms with Crippen LogP contribution in [0.1, 0.15) is 32.6 Å². The van der Waals surface area contributed by atoms with Crippen molar-refractivity contribution >= 4 is 12.0 Å². The molecule has 0 heterocycles. The third kappa shape index (κ3) is 7.11. The number of nitrogens with zero attached hydrogens (tertiary/aromatic N) is 1. The molecule has 1 unspecified atom stereocenters. The number of carboxylic acid groups (broad SMARTS) is 1. The van der Waals surface area contributed by atoms with Gasteiger partial charge in [0.25, 0.3) is 0 Å². The Morgan fingerprint density at radius 3 is 2.56 bits per heavy atom. The summed E-state index contributed by atoms with van der Waals surface area (Å²) in [4.78, 5) is 24.2. The minimum atomic E-state index is -0.984. The zero-order valence-electron chi connectivity index (χ0n) is 11.4. The maximum absolute atomic E-state index is 11.7. The second kappa shape index (κ2) is 9.70. The van der Waals surface area contributed by atoms with E-state index >= 15 is 0 Å². The van der Waals surface area contributed by atoms with Gasteiger partial charge >= 0.3 is 12.0 Å². The maximum atomic E-state index is 11.7. The average Bonchev–Trinajstić information content (AvgIpc) is 2.33. The number of hydrogen-bond donors (Lipinski definition) is 2. The number of nitrogens with one attached hydrogen (secondary N) is 1. The number of aliphatic carboxylic acids is 1. The van der Waals surface area contributed by atoms with Gasteiger partial charge in [-0.3, -0.25) is 0 Å². The first kappa shape index (κ1) is 16.7. The Morgan fingerprint density at radius 1 is 1.39 bits per heavy atom. The zero-order chi connectivity index (χ0) is 14.0.